The molecular formula is C27H25ClF2O4. The Hall–Kier alpha value is -2.96. The van der Waals surface area contributed by atoms with Crippen molar-refractivity contribution in [2.45, 2.75) is 37.0 Å². The Morgan fingerprint density at radius 3 is 2.41 bits per heavy atom. The van der Waals surface area contributed by atoms with Gasteiger partial charge in [0.05, 0.1) is 7.11 Å². The summed E-state index contributed by atoms with van der Waals surface area (Å²) < 4.78 is 41.5. The fourth-order valence-corrected chi connectivity index (χ4v) is 4.45. The number of methoxy groups -OCH3 is 1. The second-order valence-corrected chi connectivity index (χ2v) is 8.96. The van der Waals surface area contributed by atoms with E-state index in [1.165, 1.54) is 18.2 Å². The van der Waals surface area contributed by atoms with Crippen LogP contribution in [-0.4, -0.2) is 30.0 Å². The number of hydrogen-bond acceptors (Lipinski definition) is 4. The molecule has 1 N–H and O–H groups in total. The van der Waals surface area contributed by atoms with E-state index in [4.69, 9.17) is 21.1 Å². The molecule has 178 valence electrons. The molecule has 3 aromatic rings. The molecule has 0 aliphatic heterocycles. The fraction of sp³-hybridized carbons (Fsp3) is 0.296. The number of carbonyl (C=O) groups is 1. The van der Waals surface area contributed by atoms with Gasteiger partial charge in [0.2, 0.25) is 5.67 Å². The van der Waals surface area contributed by atoms with Crippen LogP contribution in [0.4, 0.5) is 8.78 Å². The number of hydrogen-bond donors (Lipinski definition) is 1. The molecule has 3 aromatic carbocycles. The first-order valence-electron chi connectivity index (χ1n) is 11.0. The molecule has 3 atom stereocenters. The van der Waals surface area contributed by atoms with Crippen LogP contribution in [0.5, 0.6) is 11.5 Å². The van der Waals surface area contributed by atoms with Crippen LogP contribution in [0.25, 0.3) is 0 Å². The van der Waals surface area contributed by atoms with Crippen molar-refractivity contribution >= 4 is 17.6 Å². The predicted octanol–water partition coefficient (Wildman–Crippen LogP) is 6.25. The van der Waals surface area contributed by atoms with Crippen LogP contribution in [0, 0.1) is 11.7 Å². The van der Waals surface area contributed by atoms with E-state index in [9.17, 15) is 14.3 Å². The van der Waals surface area contributed by atoms with Gasteiger partial charge in [-0.05, 0) is 66.3 Å². The highest BCUT2D eigenvalue weighted by atomic mass is 35.5. The minimum absolute atomic E-state index is 0.0603. The van der Waals surface area contributed by atoms with Crippen molar-refractivity contribution in [3.63, 3.8) is 0 Å². The van der Waals surface area contributed by atoms with Gasteiger partial charge < -0.3 is 14.6 Å². The smallest absolute Gasteiger partial charge is 0.347 e. The Bertz CT molecular complexity index is 1140. The highest BCUT2D eigenvalue weighted by molar-refractivity contribution is 6.30. The lowest BCUT2D eigenvalue weighted by Crippen LogP contribution is -2.52. The van der Waals surface area contributed by atoms with Crippen LogP contribution < -0.4 is 4.74 Å². The second kappa shape index (κ2) is 10.1. The van der Waals surface area contributed by atoms with Crippen LogP contribution in [0.1, 0.15) is 29.9 Å². The van der Waals surface area contributed by atoms with Crippen molar-refractivity contribution in [1.29, 1.82) is 0 Å². The minimum atomic E-state index is -2.71. The summed E-state index contributed by atoms with van der Waals surface area (Å²) in [6.45, 7) is 0. The lowest BCUT2D eigenvalue weighted by molar-refractivity contribution is -0.167. The Kier molecular flexibility index (Phi) is 7.19. The van der Waals surface area contributed by atoms with Crippen molar-refractivity contribution in [3.8, 4) is 11.5 Å². The number of carbonyl (C=O) groups excluding carboxylic acids is 1. The van der Waals surface area contributed by atoms with Crippen LogP contribution >= 0.6 is 11.6 Å². The molecule has 7 heteroatoms. The first kappa shape index (κ1) is 24.2. The monoisotopic (exact) mass is 486 g/mol. The third-order valence-electron chi connectivity index (χ3n) is 6.15. The van der Waals surface area contributed by atoms with Gasteiger partial charge >= 0.3 is 5.97 Å². The Balaban J connectivity index is 1.64. The predicted molar refractivity (Wildman–Crippen MR) is 125 cm³/mol. The molecule has 1 aliphatic carbocycles. The molecule has 0 saturated heterocycles. The lowest BCUT2D eigenvalue weighted by atomic mass is 9.75. The zero-order valence-electron chi connectivity index (χ0n) is 18.6. The Labute approximate surface area is 202 Å². The molecule has 34 heavy (non-hydrogen) atoms. The van der Waals surface area contributed by atoms with Crippen LogP contribution in [-0.2, 0) is 16.0 Å². The largest absolute Gasteiger partial charge is 0.467 e. The van der Waals surface area contributed by atoms with Gasteiger partial charge in [0.25, 0.3) is 0 Å². The van der Waals surface area contributed by atoms with Crippen molar-refractivity contribution in [2.24, 2.45) is 5.92 Å². The third kappa shape index (κ3) is 5.08. The number of aliphatic hydroxyl groups is 1. The van der Waals surface area contributed by atoms with E-state index in [0.717, 1.165) is 20.0 Å². The highest BCUT2D eigenvalue weighted by Crippen LogP contribution is 2.52. The molecule has 1 saturated carbocycles. The summed E-state index contributed by atoms with van der Waals surface area (Å²) in [4.78, 5) is 12.8. The van der Waals surface area contributed by atoms with Gasteiger partial charge in [0.1, 0.15) is 11.9 Å². The van der Waals surface area contributed by atoms with Gasteiger partial charge in [-0.1, -0.05) is 48.0 Å². The maximum absolute atomic E-state index is 16.7. The molecule has 0 spiro atoms. The minimum Gasteiger partial charge on any atom is -0.467 e. The highest BCUT2D eigenvalue weighted by Gasteiger charge is 2.58. The topological polar surface area (TPSA) is 55.8 Å². The average Bonchev–Trinajstić information content (AvgIpc) is 3.67. The summed E-state index contributed by atoms with van der Waals surface area (Å²) in [6.07, 6.45) is -0.521. The number of esters is 1. The number of benzene rings is 3. The maximum Gasteiger partial charge on any atom is 0.347 e. The van der Waals surface area contributed by atoms with E-state index in [0.29, 0.717) is 21.9 Å². The zero-order chi connectivity index (χ0) is 24.3. The zero-order valence-corrected chi connectivity index (χ0v) is 19.3. The van der Waals surface area contributed by atoms with E-state index in [1.54, 1.807) is 54.6 Å². The lowest BCUT2D eigenvalue weighted by Gasteiger charge is -2.36. The van der Waals surface area contributed by atoms with Crippen molar-refractivity contribution in [3.05, 3.63) is 94.8 Å². The SMILES string of the molecule is COC(=O)C(F)(C(O)Cc1ccc(F)c(Oc2ccccc2)c1)C(c1ccc(Cl)cc1)C1CC1. The summed E-state index contributed by atoms with van der Waals surface area (Å²) in [6, 6.07) is 19.3. The molecule has 4 rings (SSSR count). The molecule has 0 aromatic heterocycles. The van der Waals surface area contributed by atoms with Gasteiger partial charge in [0.15, 0.2) is 11.6 Å². The molecule has 0 radical (unpaired) electrons. The van der Waals surface area contributed by atoms with Gasteiger partial charge in [-0.15, -0.1) is 0 Å². The number of ether oxygens (including phenoxy) is 2. The fourth-order valence-electron chi connectivity index (χ4n) is 4.32. The number of para-hydroxylation sites is 1. The molecule has 1 aliphatic rings. The summed E-state index contributed by atoms with van der Waals surface area (Å²) >= 11 is 5.99. The normalized spacial score (nSPS) is 16.9. The van der Waals surface area contributed by atoms with Gasteiger partial charge in [-0.2, -0.15) is 0 Å². The van der Waals surface area contributed by atoms with Crippen LogP contribution in [0.3, 0.4) is 0 Å². The van der Waals surface area contributed by atoms with E-state index in [-0.39, 0.29) is 18.1 Å². The first-order valence-corrected chi connectivity index (χ1v) is 11.4. The van der Waals surface area contributed by atoms with Crippen molar-refractivity contribution in [2.75, 3.05) is 7.11 Å². The summed E-state index contributed by atoms with van der Waals surface area (Å²) in [5, 5.41) is 11.6. The maximum atomic E-state index is 16.7. The average molecular weight is 487 g/mol. The van der Waals surface area contributed by atoms with Crippen LogP contribution in [0.2, 0.25) is 5.02 Å². The molecule has 1 fully saturated rings. The number of alkyl halides is 1. The number of rotatable bonds is 9. The second-order valence-electron chi connectivity index (χ2n) is 8.53. The summed E-state index contributed by atoms with van der Waals surface area (Å²) in [5.74, 6) is -2.40. The Morgan fingerprint density at radius 1 is 1.12 bits per heavy atom. The standard InChI is InChI=1S/C27H25ClF2O4/c1-33-26(32)27(30,25(18-8-9-18)19-10-12-20(28)13-11-19)24(31)16-17-7-14-22(29)23(15-17)34-21-5-3-2-4-6-21/h2-7,10-15,18,24-25,31H,8-9,16H2,1H3. The van der Waals surface area contributed by atoms with E-state index < -0.39 is 29.5 Å². The van der Waals surface area contributed by atoms with Gasteiger partial charge in [-0.3, -0.25) is 0 Å². The molecule has 0 amide bonds. The molecular weight excluding hydrogens is 462 g/mol. The molecule has 0 bridgehead atoms. The van der Waals surface area contributed by atoms with E-state index >= 15 is 4.39 Å². The first-order chi connectivity index (χ1) is 16.3. The van der Waals surface area contributed by atoms with Crippen molar-refractivity contribution < 1.29 is 28.2 Å². The third-order valence-corrected chi connectivity index (χ3v) is 6.41. The van der Waals surface area contributed by atoms with Crippen LogP contribution in [0.15, 0.2) is 72.8 Å². The Morgan fingerprint density at radius 2 is 1.79 bits per heavy atom. The van der Waals surface area contributed by atoms with E-state index in [1.807, 2.05) is 0 Å². The number of halogens is 3. The molecule has 4 nitrogen and oxygen atoms in total. The quantitative estimate of drug-likeness (QED) is 0.363. The van der Waals surface area contributed by atoms with Gasteiger partial charge in [0, 0.05) is 17.4 Å². The molecule has 0 heterocycles. The van der Waals surface area contributed by atoms with Crippen molar-refractivity contribution in [1.82, 2.24) is 0 Å². The molecule has 3 unspecified atom stereocenters. The summed E-state index contributed by atoms with van der Waals surface area (Å²) in [7, 11) is 1.10. The summed E-state index contributed by atoms with van der Waals surface area (Å²) in [5.41, 5.74) is -1.74. The van der Waals surface area contributed by atoms with E-state index in [2.05, 4.69) is 0 Å². The number of aliphatic hydroxyl groups excluding tert-OH is 1. The van der Waals surface area contributed by atoms with Gasteiger partial charge in [-0.25, -0.2) is 13.6 Å².